The Balaban J connectivity index is 1.99. The van der Waals surface area contributed by atoms with E-state index < -0.39 is 0 Å². The Morgan fingerprint density at radius 3 is 2.78 bits per heavy atom. The molecule has 0 aliphatic carbocycles. The first-order valence-electron chi connectivity index (χ1n) is 8.12. The summed E-state index contributed by atoms with van der Waals surface area (Å²) in [5.74, 6) is 2.32. The molecule has 2 aromatic rings. The average Bonchev–Trinajstić information content (AvgIpc) is 2.91. The van der Waals surface area contributed by atoms with E-state index in [2.05, 4.69) is 40.8 Å². The smallest absolute Gasteiger partial charge is 0.119 e. The summed E-state index contributed by atoms with van der Waals surface area (Å²) in [5.41, 5.74) is 2.24. The first-order chi connectivity index (χ1) is 11.1. The first kappa shape index (κ1) is 17.5. The molecule has 0 spiro atoms. The molecular formula is C18H27N3O2. The summed E-state index contributed by atoms with van der Waals surface area (Å²) in [4.78, 5) is 9.65. The average molecular weight is 317 g/mol. The van der Waals surface area contributed by atoms with Crippen LogP contribution in [0.15, 0.2) is 30.5 Å². The summed E-state index contributed by atoms with van der Waals surface area (Å²) in [6.07, 6.45) is 1.85. The van der Waals surface area contributed by atoms with Crippen molar-refractivity contribution < 1.29 is 9.84 Å². The molecule has 0 saturated heterocycles. The molecule has 0 bridgehead atoms. The van der Waals surface area contributed by atoms with Crippen LogP contribution >= 0.6 is 0 Å². The fourth-order valence-corrected chi connectivity index (χ4v) is 2.40. The highest BCUT2D eigenvalue weighted by atomic mass is 16.5. The van der Waals surface area contributed by atoms with Gasteiger partial charge in [-0.25, -0.2) is 4.98 Å². The van der Waals surface area contributed by atoms with Gasteiger partial charge in [-0.05, 0) is 30.5 Å². The van der Waals surface area contributed by atoms with Crippen LogP contribution in [-0.2, 0) is 13.1 Å². The molecule has 0 fully saturated rings. The van der Waals surface area contributed by atoms with Crippen molar-refractivity contribution in [3.63, 3.8) is 0 Å². The number of benzene rings is 1. The second kappa shape index (κ2) is 8.70. The number of hydrogen-bond acceptors (Lipinski definition) is 4. The summed E-state index contributed by atoms with van der Waals surface area (Å²) in [6, 6.07) is 8.17. The molecule has 1 aromatic heterocycles. The van der Waals surface area contributed by atoms with Crippen molar-refractivity contribution in [2.75, 3.05) is 19.8 Å². The van der Waals surface area contributed by atoms with Crippen molar-refractivity contribution in [2.24, 2.45) is 5.92 Å². The van der Waals surface area contributed by atoms with Crippen LogP contribution in [0.5, 0.6) is 5.75 Å². The zero-order valence-electron chi connectivity index (χ0n) is 14.2. The zero-order chi connectivity index (χ0) is 16.7. The fourth-order valence-electron chi connectivity index (χ4n) is 2.40. The molecule has 1 aromatic carbocycles. The lowest BCUT2D eigenvalue weighted by Crippen LogP contribution is -2.26. The number of aliphatic hydroxyl groups is 1. The summed E-state index contributed by atoms with van der Waals surface area (Å²) < 4.78 is 5.79. The number of aromatic nitrogens is 2. The minimum absolute atomic E-state index is 0.136. The van der Waals surface area contributed by atoms with Crippen LogP contribution in [0.25, 0.3) is 0 Å². The minimum atomic E-state index is 0.136. The van der Waals surface area contributed by atoms with Gasteiger partial charge in [-0.3, -0.25) is 4.90 Å². The Bertz CT molecular complexity index is 595. The van der Waals surface area contributed by atoms with Gasteiger partial charge in [0.05, 0.1) is 13.2 Å². The molecule has 0 aliphatic heterocycles. The summed E-state index contributed by atoms with van der Waals surface area (Å²) in [7, 11) is 0. The maximum atomic E-state index is 9.31. The monoisotopic (exact) mass is 317 g/mol. The lowest BCUT2D eigenvalue weighted by Gasteiger charge is -2.21. The number of imidazole rings is 1. The molecular weight excluding hydrogens is 290 g/mol. The molecule has 2 N–H and O–H groups in total. The second-order valence-electron chi connectivity index (χ2n) is 6.28. The van der Waals surface area contributed by atoms with Crippen molar-refractivity contribution in [1.82, 2.24) is 14.9 Å². The lowest BCUT2D eigenvalue weighted by atomic mass is 10.2. The fraction of sp³-hybridized carbons (Fsp3) is 0.500. The largest absolute Gasteiger partial charge is 0.493 e. The molecule has 23 heavy (non-hydrogen) atoms. The molecule has 0 unspecified atom stereocenters. The number of aromatic amines is 1. The van der Waals surface area contributed by atoms with Crippen molar-refractivity contribution in [1.29, 1.82) is 0 Å². The summed E-state index contributed by atoms with van der Waals surface area (Å²) in [6.45, 7) is 9.19. The Morgan fingerprint density at radius 2 is 2.13 bits per heavy atom. The number of nitrogens with zero attached hydrogens (tertiary/aromatic N) is 2. The molecule has 126 valence electrons. The number of ether oxygens (including phenoxy) is 1. The van der Waals surface area contributed by atoms with Crippen molar-refractivity contribution in [2.45, 2.75) is 33.9 Å². The first-order valence-corrected chi connectivity index (χ1v) is 8.12. The maximum absolute atomic E-state index is 9.31. The molecule has 0 atom stereocenters. The topological polar surface area (TPSA) is 61.4 Å². The van der Waals surface area contributed by atoms with E-state index in [0.717, 1.165) is 37.0 Å². The third-order valence-electron chi connectivity index (χ3n) is 3.45. The highest BCUT2D eigenvalue weighted by molar-refractivity contribution is 5.28. The molecule has 0 radical (unpaired) electrons. The molecule has 0 aliphatic rings. The van der Waals surface area contributed by atoms with E-state index in [1.54, 1.807) is 0 Å². The van der Waals surface area contributed by atoms with Gasteiger partial charge in [0.1, 0.15) is 11.6 Å². The van der Waals surface area contributed by atoms with Gasteiger partial charge >= 0.3 is 0 Å². The van der Waals surface area contributed by atoms with Gasteiger partial charge < -0.3 is 14.8 Å². The van der Waals surface area contributed by atoms with Gasteiger partial charge in [0.25, 0.3) is 0 Å². The van der Waals surface area contributed by atoms with Gasteiger partial charge in [-0.2, -0.15) is 0 Å². The van der Waals surface area contributed by atoms with Gasteiger partial charge in [0.15, 0.2) is 0 Å². The minimum Gasteiger partial charge on any atom is -0.493 e. The van der Waals surface area contributed by atoms with E-state index in [9.17, 15) is 5.11 Å². The Hall–Kier alpha value is -1.85. The number of aryl methyl sites for hydroxylation is 1. The van der Waals surface area contributed by atoms with Crippen molar-refractivity contribution in [3.8, 4) is 5.75 Å². The number of nitrogens with one attached hydrogen (secondary N) is 1. The molecule has 5 nitrogen and oxygen atoms in total. The molecule has 5 heteroatoms. The Kier molecular flexibility index (Phi) is 6.62. The van der Waals surface area contributed by atoms with Gasteiger partial charge in [-0.1, -0.05) is 26.0 Å². The second-order valence-corrected chi connectivity index (χ2v) is 6.28. The van der Waals surface area contributed by atoms with E-state index in [1.807, 2.05) is 25.3 Å². The number of rotatable bonds is 9. The van der Waals surface area contributed by atoms with Crippen LogP contribution in [0.1, 0.15) is 30.9 Å². The number of hydrogen-bond donors (Lipinski definition) is 2. The van der Waals surface area contributed by atoms with Crippen LogP contribution < -0.4 is 4.74 Å². The predicted molar refractivity (Wildman–Crippen MR) is 91.3 cm³/mol. The number of aliphatic hydroxyl groups excluding tert-OH is 1. The predicted octanol–water partition coefficient (Wildman–Crippen LogP) is 2.75. The van der Waals surface area contributed by atoms with Crippen molar-refractivity contribution >= 4 is 0 Å². The third-order valence-corrected chi connectivity index (χ3v) is 3.45. The maximum Gasteiger partial charge on any atom is 0.119 e. The quantitative estimate of drug-likeness (QED) is 0.746. The Morgan fingerprint density at radius 1 is 1.30 bits per heavy atom. The third kappa shape index (κ3) is 6.04. The molecule has 1 heterocycles. The van der Waals surface area contributed by atoms with Gasteiger partial charge in [0.2, 0.25) is 0 Å². The highest BCUT2D eigenvalue weighted by Crippen LogP contribution is 2.16. The van der Waals surface area contributed by atoms with E-state index in [-0.39, 0.29) is 6.61 Å². The van der Waals surface area contributed by atoms with Gasteiger partial charge in [-0.15, -0.1) is 0 Å². The normalized spacial score (nSPS) is 11.4. The Labute approximate surface area is 138 Å². The standard InChI is InChI=1S/C18H27N3O2/c1-14(2)13-23-18-6-4-5-16(9-18)11-21(7-8-22)12-17-10-19-15(3)20-17/h4-6,9-10,14,22H,7-8,11-13H2,1-3H3,(H,19,20). The molecule has 2 rings (SSSR count). The number of H-pyrrole nitrogens is 1. The van der Waals surface area contributed by atoms with Crippen LogP contribution in [0.2, 0.25) is 0 Å². The highest BCUT2D eigenvalue weighted by Gasteiger charge is 2.09. The van der Waals surface area contributed by atoms with E-state index >= 15 is 0 Å². The summed E-state index contributed by atoms with van der Waals surface area (Å²) in [5, 5.41) is 9.31. The van der Waals surface area contributed by atoms with Crippen LogP contribution in [-0.4, -0.2) is 39.7 Å². The zero-order valence-corrected chi connectivity index (χ0v) is 14.2. The summed E-state index contributed by atoms with van der Waals surface area (Å²) >= 11 is 0. The van der Waals surface area contributed by atoms with Crippen LogP contribution in [0.4, 0.5) is 0 Å². The molecule has 0 saturated carbocycles. The van der Waals surface area contributed by atoms with E-state index in [0.29, 0.717) is 12.5 Å². The lowest BCUT2D eigenvalue weighted by molar-refractivity contribution is 0.183. The van der Waals surface area contributed by atoms with E-state index in [4.69, 9.17) is 4.74 Å². The SMILES string of the molecule is Cc1ncc(CN(CCO)Cc2cccc(OCC(C)C)c2)[nH]1. The van der Waals surface area contributed by atoms with E-state index in [1.165, 1.54) is 5.56 Å². The van der Waals surface area contributed by atoms with Crippen LogP contribution in [0, 0.1) is 12.8 Å². The van der Waals surface area contributed by atoms with Gasteiger partial charge in [0, 0.05) is 31.5 Å². The molecule has 0 amide bonds. The van der Waals surface area contributed by atoms with Crippen LogP contribution in [0.3, 0.4) is 0 Å². The van der Waals surface area contributed by atoms with Crippen molar-refractivity contribution in [3.05, 3.63) is 47.5 Å².